The number of likely N-dealkylation sites (N-methyl/N-ethyl adjacent to an activating group) is 1. The van der Waals surface area contributed by atoms with E-state index in [2.05, 4.69) is 28.3 Å². The van der Waals surface area contributed by atoms with Gasteiger partial charge in [0.1, 0.15) is 0 Å². The number of hydrogen-bond donors (Lipinski definition) is 0. The molecule has 1 saturated heterocycles. The molecule has 0 atom stereocenters. The predicted molar refractivity (Wildman–Crippen MR) is 64.1 cm³/mol. The second-order valence-electron chi connectivity index (χ2n) is 4.92. The second-order valence-corrected chi connectivity index (χ2v) is 4.92. The van der Waals surface area contributed by atoms with E-state index in [0.29, 0.717) is 0 Å². The average Bonchev–Trinajstić information content (AvgIpc) is 2.30. The molecule has 0 spiro atoms. The van der Waals surface area contributed by atoms with Crippen LogP contribution in [-0.4, -0.2) is 49.4 Å². The van der Waals surface area contributed by atoms with Gasteiger partial charge in [-0.15, -0.1) is 0 Å². The fourth-order valence-corrected chi connectivity index (χ4v) is 2.38. The minimum absolute atomic E-state index is 0.762. The molecule has 3 nitrogen and oxygen atoms in total. The summed E-state index contributed by atoms with van der Waals surface area (Å²) in [6, 6.07) is 0. The van der Waals surface area contributed by atoms with E-state index in [4.69, 9.17) is 0 Å². The first-order valence-electron chi connectivity index (χ1n) is 6.32. The van der Waals surface area contributed by atoms with Crippen molar-refractivity contribution >= 4 is 6.21 Å². The molecular weight excluding hydrogens is 186 g/mol. The molecule has 86 valence electrons. The number of rotatable bonds is 2. The van der Waals surface area contributed by atoms with Gasteiger partial charge in [0, 0.05) is 32.4 Å². The Labute approximate surface area is 93.1 Å². The molecule has 0 bridgehead atoms. The van der Waals surface area contributed by atoms with Gasteiger partial charge in [-0.1, -0.05) is 19.3 Å². The maximum absolute atomic E-state index is 4.62. The molecule has 0 aromatic rings. The molecule has 0 N–H and O–H groups in total. The van der Waals surface area contributed by atoms with Crippen LogP contribution >= 0.6 is 0 Å². The van der Waals surface area contributed by atoms with Gasteiger partial charge >= 0.3 is 0 Å². The summed E-state index contributed by atoms with van der Waals surface area (Å²) in [4.78, 5) is 2.37. The van der Waals surface area contributed by atoms with E-state index < -0.39 is 0 Å². The Morgan fingerprint density at radius 3 is 2.33 bits per heavy atom. The fourth-order valence-electron chi connectivity index (χ4n) is 2.38. The van der Waals surface area contributed by atoms with Gasteiger partial charge in [-0.25, -0.2) is 0 Å². The number of hydrogen-bond acceptors (Lipinski definition) is 3. The molecule has 3 heteroatoms. The first-order valence-corrected chi connectivity index (χ1v) is 6.32. The molecule has 0 unspecified atom stereocenters. The van der Waals surface area contributed by atoms with E-state index in [0.717, 1.165) is 32.1 Å². The van der Waals surface area contributed by atoms with Crippen LogP contribution < -0.4 is 0 Å². The molecule has 0 amide bonds. The summed E-state index contributed by atoms with van der Waals surface area (Å²) in [5, 5.41) is 6.85. The van der Waals surface area contributed by atoms with Gasteiger partial charge in [0.25, 0.3) is 0 Å². The Kier molecular flexibility index (Phi) is 4.01. The molecule has 2 fully saturated rings. The molecule has 1 saturated carbocycles. The SMILES string of the molecule is CN1CCN(/N=C/C2CCCCC2)CC1. The summed E-state index contributed by atoms with van der Waals surface area (Å²) in [5.41, 5.74) is 0. The van der Waals surface area contributed by atoms with Gasteiger partial charge in [-0.05, 0) is 25.8 Å². The van der Waals surface area contributed by atoms with Crippen molar-refractivity contribution in [2.75, 3.05) is 33.2 Å². The van der Waals surface area contributed by atoms with Gasteiger partial charge in [0.2, 0.25) is 0 Å². The average molecular weight is 209 g/mol. The number of hydrazone groups is 1. The molecule has 0 aromatic heterocycles. The third kappa shape index (κ3) is 3.49. The molecule has 2 rings (SSSR count). The van der Waals surface area contributed by atoms with Gasteiger partial charge in [-0.3, -0.25) is 5.01 Å². The van der Waals surface area contributed by atoms with Crippen LogP contribution in [0, 0.1) is 5.92 Å². The van der Waals surface area contributed by atoms with Crippen LogP contribution in [0.5, 0.6) is 0 Å². The van der Waals surface area contributed by atoms with E-state index in [1.807, 2.05) is 0 Å². The topological polar surface area (TPSA) is 18.8 Å². The van der Waals surface area contributed by atoms with Crippen LogP contribution in [0.15, 0.2) is 5.10 Å². The third-order valence-electron chi connectivity index (χ3n) is 3.57. The van der Waals surface area contributed by atoms with Crippen molar-refractivity contribution in [1.29, 1.82) is 0 Å². The van der Waals surface area contributed by atoms with Crippen molar-refractivity contribution in [1.82, 2.24) is 9.91 Å². The zero-order valence-corrected chi connectivity index (χ0v) is 9.86. The first-order chi connectivity index (χ1) is 7.34. The van der Waals surface area contributed by atoms with Crippen LogP contribution in [0.1, 0.15) is 32.1 Å². The molecule has 0 radical (unpaired) electrons. The van der Waals surface area contributed by atoms with Gasteiger partial charge in [-0.2, -0.15) is 5.10 Å². The quantitative estimate of drug-likeness (QED) is 0.646. The van der Waals surface area contributed by atoms with E-state index in [1.165, 1.54) is 32.1 Å². The van der Waals surface area contributed by atoms with Gasteiger partial charge in [0.05, 0.1) is 0 Å². The van der Waals surface area contributed by atoms with Gasteiger partial charge < -0.3 is 4.90 Å². The predicted octanol–water partition coefficient (Wildman–Crippen LogP) is 1.80. The molecular formula is C12H23N3. The highest BCUT2D eigenvalue weighted by atomic mass is 15.5. The van der Waals surface area contributed by atoms with Crippen molar-refractivity contribution < 1.29 is 0 Å². The van der Waals surface area contributed by atoms with Crippen LogP contribution in [-0.2, 0) is 0 Å². The monoisotopic (exact) mass is 209 g/mol. The molecule has 1 heterocycles. The molecule has 1 aliphatic heterocycles. The van der Waals surface area contributed by atoms with E-state index in [-0.39, 0.29) is 0 Å². The zero-order valence-electron chi connectivity index (χ0n) is 9.86. The minimum atomic E-state index is 0.762. The molecule has 0 aromatic carbocycles. The number of nitrogens with zero attached hydrogens (tertiary/aromatic N) is 3. The third-order valence-corrected chi connectivity index (χ3v) is 3.57. The summed E-state index contributed by atoms with van der Waals surface area (Å²) in [6.07, 6.45) is 9.16. The summed E-state index contributed by atoms with van der Waals surface area (Å²) in [5.74, 6) is 0.762. The van der Waals surface area contributed by atoms with Crippen molar-refractivity contribution in [2.45, 2.75) is 32.1 Å². The summed E-state index contributed by atoms with van der Waals surface area (Å²) < 4.78 is 0. The summed E-state index contributed by atoms with van der Waals surface area (Å²) >= 11 is 0. The Morgan fingerprint density at radius 1 is 1.00 bits per heavy atom. The second kappa shape index (κ2) is 5.50. The standard InChI is InChI=1S/C12H23N3/c1-14-7-9-15(10-8-14)13-11-12-5-3-2-4-6-12/h11-12H,2-10H2,1H3/b13-11+. The maximum Gasteiger partial charge on any atom is 0.0488 e. The highest BCUT2D eigenvalue weighted by Gasteiger charge is 2.13. The zero-order chi connectivity index (χ0) is 10.5. The lowest BCUT2D eigenvalue weighted by molar-refractivity contribution is 0.158. The van der Waals surface area contributed by atoms with Crippen molar-refractivity contribution in [3.05, 3.63) is 0 Å². The summed E-state index contributed by atoms with van der Waals surface area (Å²) in [6.45, 7) is 4.50. The van der Waals surface area contributed by atoms with Crippen LogP contribution in [0.3, 0.4) is 0 Å². The molecule has 15 heavy (non-hydrogen) atoms. The Balaban J connectivity index is 1.73. The van der Waals surface area contributed by atoms with Crippen LogP contribution in [0.2, 0.25) is 0 Å². The summed E-state index contributed by atoms with van der Waals surface area (Å²) in [7, 11) is 2.18. The Hall–Kier alpha value is -0.570. The largest absolute Gasteiger partial charge is 0.303 e. The lowest BCUT2D eigenvalue weighted by Crippen LogP contribution is -2.41. The van der Waals surface area contributed by atoms with Gasteiger partial charge in [0.15, 0.2) is 0 Å². The smallest absolute Gasteiger partial charge is 0.0488 e. The maximum atomic E-state index is 4.62. The van der Waals surface area contributed by atoms with Crippen molar-refractivity contribution in [3.8, 4) is 0 Å². The van der Waals surface area contributed by atoms with Crippen molar-refractivity contribution in [2.24, 2.45) is 11.0 Å². The van der Waals surface area contributed by atoms with E-state index in [1.54, 1.807) is 0 Å². The number of piperazine rings is 1. The van der Waals surface area contributed by atoms with Crippen molar-refractivity contribution in [3.63, 3.8) is 0 Å². The normalized spacial score (nSPS) is 26.3. The lowest BCUT2D eigenvalue weighted by atomic mass is 9.90. The Bertz CT molecular complexity index is 201. The fraction of sp³-hybridized carbons (Fsp3) is 0.917. The van der Waals surface area contributed by atoms with Crippen LogP contribution in [0.4, 0.5) is 0 Å². The highest BCUT2D eigenvalue weighted by molar-refractivity contribution is 5.60. The minimum Gasteiger partial charge on any atom is -0.303 e. The Morgan fingerprint density at radius 2 is 1.67 bits per heavy atom. The first kappa shape index (κ1) is 10.9. The van der Waals surface area contributed by atoms with Crippen LogP contribution in [0.25, 0.3) is 0 Å². The highest BCUT2D eigenvalue weighted by Crippen LogP contribution is 2.22. The van der Waals surface area contributed by atoms with E-state index >= 15 is 0 Å². The molecule has 1 aliphatic carbocycles. The van der Waals surface area contributed by atoms with E-state index in [9.17, 15) is 0 Å². The molecule has 2 aliphatic rings. The lowest BCUT2D eigenvalue weighted by Gasteiger charge is -2.30.